The number of hydrogen-bond donors (Lipinski definition) is 1. The Morgan fingerprint density at radius 1 is 1.22 bits per heavy atom. The van der Waals surface area contributed by atoms with Crippen LogP contribution in [0.15, 0.2) is 22.7 Å². The number of nitrogens with zero attached hydrogens (tertiary/aromatic N) is 1. The first kappa shape index (κ1) is 13.4. The van der Waals surface area contributed by atoms with Crippen LogP contribution in [0.5, 0.6) is 0 Å². The predicted octanol–water partition coefficient (Wildman–Crippen LogP) is 4.70. The highest BCUT2D eigenvalue weighted by atomic mass is 79.9. The van der Waals surface area contributed by atoms with Crippen LogP contribution in [-0.4, -0.2) is 6.04 Å². The maximum atomic E-state index is 8.97. The van der Waals surface area contributed by atoms with Crippen molar-refractivity contribution in [2.24, 2.45) is 5.92 Å². The van der Waals surface area contributed by atoms with Crippen LogP contribution in [0.3, 0.4) is 0 Å². The Bertz CT molecular complexity index is 450. The minimum atomic E-state index is 0.552. The minimum Gasteiger partial charge on any atom is -0.382 e. The van der Waals surface area contributed by atoms with Gasteiger partial charge in [0.1, 0.15) is 0 Å². The molecule has 2 atom stereocenters. The van der Waals surface area contributed by atoms with Crippen molar-refractivity contribution in [3.05, 3.63) is 28.2 Å². The molecule has 1 aromatic carbocycles. The average molecular weight is 307 g/mol. The molecule has 96 valence electrons. The van der Waals surface area contributed by atoms with Crippen LogP contribution in [0.2, 0.25) is 0 Å². The Morgan fingerprint density at radius 2 is 2.06 bits per heavy atom. The zero-order valence-electron chi connectivity index (χ0n) is 10.7. The minimum absolute atomic E-state index is 0.552. The van der Waals surface area contributed by atoms with E-state index < -0.39 is 0 Å². The molecule has 18 heavy (non-hydrogen) atoms. The summed E-state index contributed by atoms with van der Waals surface area (Å²) < 4.78 is 0.964. The summed E-state index contributed by atoms with van der Waals surface area (Å²) in [7, 11) is 0. The molecule has 0 spiro atoms. The van der Waals surface area contributed by atoms with Crippen molar-refractivity contribution >= 4 is 21.6 Å². The van der Waals surface area contributed by atoms with E-state index in [9.17, 15) is 0 Å². The van der Waals surface area contributed by atoms with Gasteiger partial charge in [0.05, 0.1) is 11.6 Å². The van der Waals surface area contributed by atoms with E-state index in [1.165, 1.54) is 32.1 Å². The highest BCUT2D eigenvalue weighted by Crippen LogP contribution is 2.26. The Labute approximate surface area is 118 Å². The van der Waals surface area contributed by atoms with E-state index in [4.69, 9.17) is 5.26 Å². The van der Waals surface area contributed by atoms with Gasteiger partial charge in [-0.3, -0.25) is 0 Å². The van der Waals surface area contributed by atoms with E-state index in [-0.39, 0.29) is 0 Å². The topological polar surface area (TPSA) is 35.8 Å². The van der Waals surface area contributed by atoms with Gasteiger partial charge in [-0.25, -0.2) is 0 Å². The zero-order valence-corrected chi connectivity index (χ0v) is 12.3. The molecule has 0 radical (unpaired) electrons. The number of rotatable bonds is 2. The standard InChI is InChI=1S/C15H19BrN2/c1-11-3-2-4-14(6-5-11)18-15-8-12(10-17)7-13(16)9-15/h7-9,11,14,18H,2-6H2,1H3. The van der Waals surface area contributed by atoms with E-state index in [0.29, 0.717) is 11.6 Å². The lowest BCUT2D eigenvalue weighted by Gasteiger charge is -2.18. The lowest BCUT2D eigenvalue weighted by molar-refractivity contribution is 0.502. The normalized spacial score (nSPS) is 24.1. The summed E-state index contributed by atoms with van der Waals surface area (Å²) in [6.07, 6.45) is 6.42. The molecular formula is C15H19BrN2. The molecule has 0 aromatic heterocycles. The van der Waals surface area contributed by atoms with Gasteiger partial charge >= 0.3 is 0 Å². The second-order valence-electron chi connectivity index (χ2n) is 5.30. The second-order valence-corrected chi connectivity index (χ2v) is 6.21. The maximum absolute atomic E-state index is 8.97. The summed E-state index contributed by atoms with van der Waals surface area (Å²) in [5.74, 6) is 0.856. The summed E-state index contributed by atoms with van der Waals surface area (Å²) in [5, 5.41) is 12.5. The molecular weight excluding hydrogens is 288 g/mol. The van der Waals surface area contributed by atoms with Crippen molar-refractivity contribution in [2.45, 2.75) is 45.1 Å². The number of hydrogen-bond acceptors (Lipinski definition) is 2. The third kappa shape index (κ3) is 3.74. The molecule has 2 nitrogen and oxygen atoms in total. The molecule has 1 aliphatic rings. The van der Waals surface area contributed by atoms with Gasteiger partial charge < -0.3 is 5.32 Å². The highest BCUT2D eigenvalue weighted by molar-refractivity contribution is 9.10. The maximum Gasteiger partial charge on any atom is 0.0992 e. The third-order valence-electron chi connectivity index (χ3n) is 3.66. The number of halogens is 1. The molecule has 1 aliphatic carbocycles. The molecule has 1 saturated carbocycles. The molecule has 0 saturated heterocycles. The van der Waals surface area contributed by atoms with Gasteiger partial charge in [-0.1, -0.05) is 35.7 Å². The van der Waals surface area contributed by atoms with Crippen LogP contribution in [0.25, 0.3) is 0 Å². The summed E-state index contributed by atoms with van der Waals surface area (Å²) in [6.45, 7) is 2.34. The molecule has 0 aliphatic heterocycles. The number of anilines is 1. The van der Waals surface area contributed by atoms with E-state index in [1.807, 2.05) is 12.1 Å². The lowest BCUT2D eigenvalue weighted by Crippen LogP contribution is -2.18. The van der Waals surface area contributed by atoms with Crippen molar-refractivity contribution in [1.82, 2.24) is 0 Å². The van der Waals surface area contributed by atoms with Gasteiger partial charge in [0.15, 0.2) is 0 Å². The molecule has 0 bridgehead atoms. The fourth-order valence-corrected chi connectivity index (χ4v) is 3.10. The van der Waals surface area contributed by atoms with Gasteiger partial charge in [0, 0.05) is 16.2 Å². The SMILES string of the molecule is CC1CCCC(Nc2cc(Br)cc(C#N)c2)CC1. The average Bonchev–Trinajstić information content (AvgIpc) is 2.54. The predicted molar refractivity (Wildman–Crippen MR) is 78.5 cm³/mol. The molecule has 2 unspecified atom stereocenters. The Morgan fingerprint density at radius 3 is 2.83 bits per heavy atom. The third-order valence-corrected chi connectivity index (χ3v) is 4.11. The number of benzene rings is 1. The van der Waals surface area contributed by atoms with Gasteiger partial charge in [0.2, 0.25) is 0 Å². The smallest absolute Gasteiger partial charge is 0.0992 e. The highest BCUT2D eigenvalue weighted by Gasteiger charge is 2.16. The first-order valence-electron chi connectivity index (χ1n) is 6.64. The van der Waals surface area contributed by atoms with Crippen LogP contribution in [-0.2, 0) is 0 Å². The lowest BCUT2D eigenvalue weighted by atomic mass is 10.0. The van der Waals surface area contributed by atoms with E-state index in [1.54, 1.807) is 0 Å². The molecule has 1 aromatic rings. The number of nitriles is 1. The summed E-state index contributed by atoms with van der Waals surface area (Å²) >= 11 is 3.45. The monoisotopic (exact) mass is 306 g/mol. The Balaban J connectivity index is 2.04. The van der Waals surface area contributed by atoms with Crippen LogP contribution in [0.4, 0.5) is 5.69 Å². The molecule has 0 heterocycles. The fourth-order valence-electron chi connectivity index (χ4n) is 2.60. The van der Waals surface area contributed by atoms with Gasteiger partial charge in [-0.2, -0.15) is 5.26 Å². The quantitative estimate of drug-likeness (QED) is 0.804. The van der Waals surface area contributed by atoms with E-state index in [2.05, 4.69) is 40.3 Å². The van der Waals surface area contributed by atoms with Gasteiger partial charge in [-0.15, -0.1) is 0 Å². The zero-order chi connectivity index (χ0) is 13.0. The van der Waals surface area contributed by atoms with Crippen LogP contribution in [0, 0.1) is 17.2 Å². The summed E-state index contributed by atoms with van der Waals surface area (Å²) in [5.41, 5.74) is 1.76. The first-order chi connectivity index (χ1) is 8.67. The second kappa shape index (κ2) is 6.24. The molecule has 1 N–H and O–H groups in total. The van der Waals surface area contributed by atoms with Crippen molar-refractivity contribution in [1.29, 1.82) is 5.26 Å². The largest absolute Gasteiger partial charge is 0.382 e. The van der Waals surface area contributed by atoms with Crippen molar-refractivity contribution in [2.75, 3.05) is 5.32 Å². The van der Waals surface area contributed by atoms with Crippen LogP contribution in [0.1, 0.15) is 44.6 Å². The van der Waals surface area contributed by atoms with Gasteiger partial charge in [-0.05, 0) is 43.4 Å². The molecule has 3 heteroatoms. The molecule has 1 fully saturated rings. The molecule has 2 rings (SSSR count). The fraction of sp³-hybridized carbons (Fsp3) is 0.533. The van der Waals surface area contributed by atoms with Crippen LogP contribution >= 0.6 is 15.9 Å². The summed E-state index contributed by atoms with van der Waals surface area (Å²) in [4.78, 5) is 0. The van der Waals surface area contributed by atoms with Crippen molar-refractivity contribution < 1.29 is 0 Å². The van der Waals surface area contributed by atoms with E-state index >= 15 is 0 Å². The van der Waals surface area contributed by atoms with Crippen molar-refractivity contribution in [3.8, 4) is 6.07 Å². The van der Waals surface area contributed by atoms with Crippen LogP contribution < -0.4 is 5.32 Å². The summed E-state index contributed by atoms with van der Waals surface area (Å²) in [6, 6.07) is 8.57. The first-order valence-corrected chi connectivity index (χ1v) is 7.44. The Kier molecular flexibility index (Phi) is 4.66. The number of nitrogens with one attached hydrogen (secondary N) is 1. The van der Waals surface area contributed by atoms with Gasteiger partial charge in [0.25, 0.3) is 0 Å². The van der Waals surface area contributed by atoms with E-state index in [0.717, 1.165) is 16.1 Å². The van der Waals surface area contributed by atoms with Crippen molar-refractivity contribution in [3.63, 3.8) is 0 Å². The molecule has 0 amide bonds. The Hall–Kier alpha value is -1.01.